The van der Waals surface area contributed by atoms with Crippen LogP contribution in [0.1, 0.15) is 36.8 Å². The van der Waals surface area contributed by atoms with E-state index in [2.05, 4.69) is 5.32 Å². The molecule has 1 heterocycles. The number of sulfonamides is 1. The maximum absolute atomic E-state index is 13.1. The molecule has 0 aromatic heterocycles. The van der Waals surface area contributed by atoms with Crippen molar-refractivity contribution in [2.45, 2.75) is 42.2 Å². The van der Waals surface area contributed by atoms with Gasteiger partial charge >= 0.3 is 6.18 Å². The van der Waals surface area contributed by atoms with Crippen LogP contribution in [-0.2, 0) is 26.4 Å². The highest BCUT2D eigenvalue weighted by atomic mass is 32.2. The van der Waals surface area contributed by atoms with Gasteiger partial charge in [-0.3, -0.25) is 4.79 Å². The summed E-state index contributed by atoms with van der Waals surface area (Å²) in [5, 5.41) is 12.7. The molecule has 166 valence electrons. The van der Waals surface area contributed by atoms with Gasteiger partial charge in [0, 0.05) is 13.1 Å². The minimum Gasteiger partial charge on any atom is -0.506 e. The van der Waals surface area contributed by atoms with E-state index in [0.29, 0.717) is 25.9 Å². The molecule has 0 unspecified atom stereocenters. The second kappa shape index (κ2) is 7.52. The van der Waals surface area contributed by atoms with Crippen LogP contribution in [0, 0.1) is 0 Å². The molecule has 1 saturated heterocycles. The fraction of sp³-hybridized carbons (Fsp3) is 0.381. The first-order valence-electron chi connectivity index (χ1n) is 9.86. The van der Waals surface area contributed by atoms with Crippen LogP contribution in [0.4, 0.5) is 18.9 Å². The third-order valence-corrected chi connectivity index (χ3v) is 7.74. The Bertz CT molecular complexity index is 1120. The van der Waals surface area contributed by atoms with Crippen molar-refractivity contribution in [2.24, 2.45) is 0 Å². The number of anilines is 1. The summed E-state index contributed by atoms with van der Waals surface area (Å²) in [5.41, 5.74) is -1.84. The van der Waals surface area contributed by atoms with Crippen LogP contribution in [0.25, 0.3) is 0 Å². The van der Waals surface area contributed by atoms with E-state index in [4.69, 9.17) is 0 Å². The van der Waals surface area contributed by atoms with Gasteiger partial charge in [-0.25, -0.2) is 8.42 Å². The summed E-state index contributed by atoms with van der Waals surface area (Å²) < 4.78 is 66.1. The number of nitrogens with zero attached hydrogens (tertiary/aromatic N) is 1. The summed E-state index contributed by atoms with van der Waals surface area (Å²) in [5.74, 6) is -0.911. The molecule has 2 fully saturated rings. The van der Waals surface area contributed by atoms with Gasteiger partial charge in [-0.1, -0.05) is 18.2 Å². The van der Waals surface area contributed by atoms with Gasteiger partial charge < -0.3 is 10.4 Å². The first kappa shape index (κ1) is 21.6. The normalized spacial score (nSPS) is 18.7. The Morgan fingerprint density at radius 2 is 1.74 bits per heavy atom. The number of hydrogen-bond acceptors (Lipinski definition) is 4. The third kappa shape index (κ3) is 4.01. The summed E-state index contributed by atoms with van der Waals surface area (Å²) >= 11 is 0. The molecule has 10 heteroatoms. The number of benzene rings is 2. The lowest BCUT2D eigenvalue weighted by Gasteiger charge is -2.19. The second-order valence-electron chi connectivity index (χ2n) is 7.90. The molecule has 31 heavy (non-hydrogen) atoms. The quantitative estimate of drug-likeness (QED) is 0.672. The van der Waals surface area contributed by atoms with Gasteiger partial charge in [0.25, 0.3) is 0 Å². The van der Waals surface area contributed by atoms with Crippen LogP contribution in [0.3, 0.4) is 0 Å². The highest BCUT2D eigenvalue weighted by Crippen LogP contribution is 2.50. The first-order valence-corrected chi connectivity index (χ1v) is 11.3. The molecule has 1 aliphatic carbocycles. The zero-order valence-electron chi connectivity index (χ0n) is 16.4. The van der Waals surface area contributed by atoms with Gasteiger partial charge in [0.2, 0.25) is 15.9 Å². The van der Waals surface area contributed by atoms with E-state index in [-0.39, 0.29) is 21.9 Å². The number of carbonyl (C=O) groups excluding carboxylic acids is 1. The van der Waals surface area contributed by atoms with Crippen LogP contribution in [0.2, 0.25) is 0 Å². The highest BCUT2D eigenvalue weighted by Gasteiger charge is 2.52. The molecule has 1 saturated carbocycles. The molecule has 2 aromatic rings. The Kier molecular flexibility index (Phi) is 5.25. The van der Waals surface area contributed by atoms with Crippen molar-refractivity contribution in [1.82, 2.24) is 4.31 Å². The molecular weight excluding hydrogens is 433 g/mol. The van der Waals surface area contributed by atoms with Gasteiger partial charge in [0.05, 0.1) is 21.6 Å². The number of halogens is 3. The molecule has 4 rings (SSSR count). The minimum absolute atomic E-state index is 0.0635. The standard InChI is InChI=1S/C21H21F3N2O4S/c22-21(23,24)15-5-3-4-14(12-15)20(8-9-20)19(28)25-17-13-16(6-7-18(17)27)31(29,30)26-10-1-2-11-26/h3-7,12-13,27H,1-2,8-11H2,(H,25,28). The lowest BCUT2D eigenvalue weighted by atomic mass is 9.93. The lowest BCUT2D eigenvalue weighted by Crippen LogP contribution is -2.29. The lowest BCUT2D eigenvalue weighted by molar-refractivity contribution is -0.137. The number of rotatable bonds is 5. The number of aromatic hydroxyl groups is 1. The van der Waals surface area contributed by atoms with E-state index in [1.54, 1.807) is 0 Å². The van der Waals surface area contributed by atoms with E-state index < -0.39 is 33.1 Å². The van der Waals surface area contributed by atoms with E-state index in [1.807, 2.05) is 0 Å². The molecular formula is C21H21F3N2O4S. The zero-order chi connectivity index (χ0) is 22.4. The fourth-order valence-electron chi connectivity index (χ4n) is 3.86. The summed E-state index contributed by atoms with van der Waals surface area (Å²) in [4.78, 5) is 12.9. The van der Waals surface area contributed by atoms with Crippen molar-refractivity contribution in [1.29, 1.82) is 0 Å². The van der Waals surface area contributed by atoms with Gasteiger partial charge in [0.1, 0.15) is 5.75 Å². The first-order chi connectivity index (χ1) is 14.5. The monoisotopic (exact) mass is 454 g/mol. The molecule has 2 N–H and O–H groups in total. The molecule has 0 bridgehead atoms. The Morgan fingerprint density at radius 3 is 2.35 bits per heavy atom. The van der Waals surface area contributed by atoms with Crippen molar-refractivity contribution in [3.05, 3.63) is 53.6 Å². The van der Waals surface area contributed by atoms with E-state index in [1.165, 1.54) is 34.6 Å². The number of hydrogen-bond donors (Lipinski definition) is 2. The molecule has 0 spiro atoms. The maximum atomic E-state index is 13.1. The number of alkyl halides is 3. The van der Waals surface area contributed by atoms with Crippen LogP contribution in [0.5, 0.6) is 5.75 Å². The summed E-state index contributed by atoms with van der Waals surface area (Å²) in [7, 11) is -3.76. The molecule has 2 aromatic carbocycles. The summed E-state index contributed by atoms with van der Waals surface area (Å²) in [6.45, 7) is 0.813. The SMILES string of the molecule is O=C(Nc1cc(S(=O)(=O)N2CCCC2)ccc1O)C1(c2cccc(C(F)(F)F)c2)CC1. The molecule has 1 aliphatic heterocycles. The number of amides is 1. The molecule has 0 radical (unpaired) electrons. The van der Waals surface area contributed by atoms with Crippen molar-refractivity contribution in [3.8, 4) is 5.75 Å². The van der Waals surface area contributed by atoms with Gasteiger partial charge in [-0.05, 0) is 55.5 Å². The van der Waals surface area contributed by atoms with E-state index in [9.17, 15) is 31.5 Å². The van der Waals surface area contributed by atoms with Crippen molar-refractivity contribution in [2.75, 3.05) is 18.4 Å². The average Bonchev–Trinajstić information content (AvgIpc) is 3.34. The Labute approximate surface area is 177 Å². The number of phenols is 1. The van der Waals surface area contributed by atoms with E-state index >= 15 is 0 Å². The van der Waals surface area contributed by atoms with E-state index in [0.717, 1.165) is 25.0 Å². The Hall–Kier alpha value is -2.59. The van der Waals surface area contributed by atoms with Crippen LogP contribution in [0.15, 0.2) is 47.4 Å². The Morgan fingerprint density at radius 1 is 1.06 bits per heavy atom. The van der Waals surface area contributed by atoms with Crippen LogP contribution >= 0.6 is 0 Å². The van der Waals surface area contributed by atoms with Crippen LogP contribution < -0.4 is 5.32 Å². The largest absolute Gasteiger partial charge is 0.506 e. The van der Waals surface area contributed by atoms with Crippen molar-refractivity contribution in [3.63, 3.8) is 0 Å². The molecule has 2 aliphatic rings. The Balaban J connectivity index is 1.60. The van der Waals surface area contributed by atoms with Gasteiger partial charge in [0.15, 0.2) is 0 Å². The smallest absolute Gasteiger partial charge is 0.416 e. The minimum atomic E-state index is -4.53. The molecule has 1 amide bonds. The average molecular weight is 454 g/mol. The third-order valence-electron chi connectivity index (χ3n) is 5.85. The molecule has 0 atom stereocenters. The predicted octanol–water partition coefficient (Wildman–Crippen LogP) is 3.87. The summed E-state index contributed by atoms with van der Waals surface area (Å²) in [6, 6.07) is 8.25. The zero-order valence-corrected chi connectivity index (χ0v) is 17.3. The highest BCUT2D eigenvalue weighted by molar-refractivity contribution is 7.89. The molecule has 6 nitrogen and oxygen atoms in total. The van der Waals surface area contributed by atoms with Crippen LogP contribution in [-0.4, -0.2) is 36.8 Å². The number of carbonyl (C=O) groups is 1. The fourth-order valence-corrected chi connectivity index (χ4v) is 5.40. The topological polar surface area (TPSA) is 86.7 Å². The summed E-state index contributed by atoms with van der Waals surface area (Å²) in [6.07, 6.45) is -2.29. The van der Waals surface area contributed by atoms with Crippen molar-refractivity contribution >= 4 is 21.6 Å². The maximum Gasteiger partial charge on any atom is 0.416 e. The van der Waals surface area contributed by atoms with Gasteiger partial charge in [-0.2, -0.15) is 17.5 Å². The number of phenolic OH excluding ortho intramolecular Hbond substituents is 1. The van der Waals surface area contributed by atoms with Gasteiger partial charge in [-0.15, -0.1) is 0 Å². The predicted molar refractivity (Wildman–Crippen MR) is 107 cm³/mol. The second-order valence-corrected chi connectivity index (χ2v) is 9.84. The van der Waals surface area contributed by atoms with Crippen molar-refractivity contribution < 1.29 is 31.5 Å². The number of nitrogens with one attached hydrogen (secondary N) is 1.